The summed E-state index contributed by atoms with van der Waals surface area (Å²) in [5, 5.41) is 10.0. The van der Waals surface area contributed by atoms with Gasteiger partial charge in [-0.3, -0.25) is 0 Å². The first kappa shape index (κ1) is 11.5. The summed E-state index contributed by atoms with van der Waals surface area (Å²) in [4.78, 5) is 0. The number of aryl methyl sites for hydroxylation is 2. The molecule has 0 radical (unpaired) electrons. The Morgan fingerprint density at radius 2 is 2.06 bits per heavy atom. The fraction of sp³-hybridized carbons (Fsp3) is 0.375. The van der Waals surface area contributed by atoms with Crippen LogP contribution >= 0.6 is 0 Å². The molecule has 0 saturated heterocycles. The van der Waals surface area contributed by atoms with Crippen LogP contribution in [0.5, 0.6) is 0 Å². The highest BCUT2D eigenvalue weighted by molar-refractivity contribution is 5.46. The lowest BCUT2D eigenvalue weighted by Crippen LogP contribution is -2.11. The van der Waals surface area contributed by atoms with Crippen LogP contribution in [0.1, 0.15) is 41.3 Å². The van der Waals surface area contributed by atoms with E-state index in [0.29, 0.717) is 0 Å². The zero-order valence-electron chi connectivity index (χ0n) is 11.0. The van der Waals surface area contributed by atoms with Gasteiger partial charge in [0.1, 0.15) is 0 Å². The third-order valence-electron chi connectivity index (χ3n) is 3.89. The van der Waals surface area contributed by atoms with Gasteiger partial charge in [-0.2, -0.15) is 0 Å². The van der Waals surface area contributed by atoms with Gasteiger partial charge in [0, 0.05) is 23.1 Å². The number of hydrogen-bond acceptors (Lipinski definition) is 1. The summed E-state index contributed by atoms with van der Waals surface area (Å²) in [7, 11) is 0. The highest BCUT2D eigenvalue weighted by Gasteiger charge is 2.21. The smallest absolute Gasteiger partial charge is 0.0807 e. The minimum atomic E-state index is -0.277. The maximum atomic E-state index is 10.0. The van der Waals surface area contributed by atoms with Crippen LogP contribution < -0.4 is 0 Å². The summed E-state index contributed by atoms with van der Waals surface area (Å²) in [5.74, 6) is 0. The normalized spacial score (nSPS) is 18.7. The lowest BCUT2D eigenvalue weighted by molar-refractivity contribution is 0.156. The maximum absolute atomic E-state index is 10.0. The molecule has 0 aliphatic heterocycles. The second-order valence-electron chi connectivity index (χ2n) is 5.29. The van der Waals surface area contributed by atoms with E-state index >= 15 is 0 Å². The third-order valence-corrected chi connectivity index (χ3v) is 3.89. The molecule has 0 fully saturated rings. The molecule has 1 heterocycles. The molecule has 1 atom stereocenters. The minimum Gasteiger partial charge on any atom is -0.388 e. The Balaban J connectivity index is 2.12. The van der Waals surface area contributed by atoms with Gasteiger partial charge in [-0.05, 0) is 50.8 Å². The summed E-state index contributed by atoms with van der Waals surface area (Å²) in [6.07, 6.45) is 4.84. The first-order valence-corrected chi connectivity index (χ1v) is 6.62. The van der Waals surface area contributed by atoms with Gasteiger partial charge >= 0.3 is 0 Å². The first-order valence-electron chi connectivity index (χ1n) is 6.62. The van der Waals surface area contributed by atoms with E-state index in [1.54, 1.807) is 0 Å². The second-order valence-corrected chi connectivity index (χ2v) is 5.29. The summed E-state index contributed by atoms with van der Waals surface area (Å²) in [6.45, 7) is 4.26. The van der Waals surface area contributed by atoms with Gasteiger partial charge < -0.3 is 9.67 Å². The first-order chi connectivity index (χ1) is 8.66. The van der Waals surface area contributed by atoms with Gasteiger partial charge in [-0.25, -0.2) is 0 Å². The SMILES string of the molecule is Cc1ccc(-n2ccc3c2CCCC3O)c(C)c1. The molecule has 2 aromatic rings. The molecule has 3 rings (SSSR count). The second kappa shape index (κ2) is 4.29. The molecule has 18 heavy (non-hydrogen) atoms. The number of benzene rings is 1. The summed E-state index contributed by atoms with van der Waals surface area (Å²) in [6, 6.07) is 8.60. The van der Waals surface area contributed by atoms with Crippen molar-refractivity contribution in [2.75, 3.05) is 0 Å². The number of aliphatic hydroxyl groups is 1. The fourth-order valence-electron chi connectivity index (χ4n) is 2.97. The third kappa shape index (κ3) is 1.77. The molecule has 0 amide bonds. The summed E-state index contributed by atoms with van der Waals surface area (Å²) < 4.78 is 2.24. The summed E-state index contributed by atoms with van der Waals surface area (Å²) >= 11 is 0. The molecule has 0 bridgehead atoms. The highest BCUT2D eigenvalue weighted by atomic mass is 16.3. The van der Waals surface area contributed by atoms with Crippen molar-refractivity contribution in [1.82, 2.24) is 4.57 Å². The molecule has 0 saturated carbocycles. The van der Waals surface area contributed by atoms with E-state index < -0.39 is 0 Å². The summed E-state index contributed by atoms with van der Waals surface area (Å²) in [5.41, 5.74) is 6.20. The fourth-order valence-corrected chi connectivity index (χ4v) is 2.97. The van der Waals surface area contributed by atoms with Crippen LogP contribution in [0.4, 0.5) is 0 Å². The van der Waals surface area contributed by atoms with Gasteiger partial charge in [0.25, 0.3) is 0 Å². The number of aliphatic hydroxyl groups excluding tert-OH is 1. The van der Waals surface area contributed by atoms with Crippen LogP contribution in [-0.2, 0) is 6.42 Å². The molecule has 1 aliphatic carbocycles. The monoisotopic (exact) mass is 241 g/mol. The zero-order valence-corrected chi connectivity index (χ0v) is 11.0. The predicted molar refractivity (Wildman–Crippen MR) is 73.1 cm³/mol. The Labute approximate surface area is 108 Å². The molecule has 2 nitrogen and oxygen atoms in total. The average molecular weight is 241 g/mol. The maximum Gasteiger partial charge on any atom is 0.0807 e. The highest BCUT2D eigenvalue weighted by Crippen LogP contribution is 2.32. The van der Waals surface area contributed by atoms with Crippen molar-refractivity contribution in [3.05, 3.63) is 52.8 Å². The number of hydrogen-bond donors (Lipinski definition) is 1. The van der Waals surface area contributed by atoms with Crippen LogP contribution in [0.2, 0.25) is 0 Å². The van der Waals surface area contributed by atoms with Gasteiger partial charge in [-0.1, -0.05) is 17.7 Å². The van der Waals surface area contributed by atoms with Crippen LogP contribution in [0.3, 0.4) is 0 Å². The Kier molecular flexibility index (Phi) is 2.75. The van der Waals surface area contributed by atoms with E-state index in [4.69, 9.17) is 0 Å². The zero-order chi connectivity index (χ0) is 12.7. The van der Waals surface area contributed by atoms with Crippen molar-refractivity contribution < 1.29 is 5.11 Å². The van der Waals surface area contributed by atoms with E-state index in [9.17, 15) is 5.11 Å². The van der Waals surface area contributed by atoms with Crippen molar-refractivity contribution in [3.8, 4) is 5.69 Å². The van der Waals surface area contributed by atoms with Crippen molar-refractivity contribution in [3.63, 3.8) is 0 Å². The van der Waals surface area contributed by atoms with Crippen molar-refractivity contribution in [1.29, 1.82) is 0 Å². The van der Waals surface area contributed by atoms with Crippen LogP contribution in [0.25, 0.3) is 5.69 Å². The van der Waals surface area contributed by atoms with Gasteiger partial charge in [0.2, 0.25) is 0 Å². The molecule has 1 aromatic carbocycles. The average Bonchev–Trinajstić information content (AvgIpc) is 2.74. The molecule has 0 spiro atoms. The Morgan fingerprint density at radius 1 is 1.22 bits per heavy atom. The molecular weight excluding hydrogens is 222 g/mol. The van der Waals surface area contributed by atoms with E-state index in [1.165, 1.54) is 22.5 Å². The van der Waals surface area contributed by atoms with Crippen molar-refractivity contribution in [2.45, 2.75) is 39.2 Å². The largest absolute Gasteiger partial charge is 0.388 e. The lowest BCUT2D eigenvalue weighted by Gasteiger charge is -2.21. The van der Waals surface area contributed by atoms with Gasteiger partial charge in [0.15, 0.2) is 0 Å². The van der Waals surface area contributed by atoms with Crippen molar-refractivity contribution >= 4 is 0 Å². The molecule has 1 N–H and O–H groups in total. The molecule has 1 aliphatic rings. The number of fused-ring (bicyclic) bond motifs is 1. The van der Waals surface area contributed by atoms with Crippen LogP contribution in [0, 0.1) is 13.8 Å². The molecular formula is C16H19NO. The van der Waals surface area contributed by atoms with E-state index in [1.807, 2.05) is 0 Å². The minimum absolute atomic E-state index is 0.277. The topological polar surface area (TPSA) is 25.2 Å². The van der Waals surface area contributed by atoms with Crippen LogP contribution in [0.15, 0.2) is 30.5 Å². The van der Waals surface area contributed by atoms with E-state index in [-0.39, 0.29) is 6.10 Å². The Morgan fingerprint density at radius 3 is 2.83 bits per heavy atom. The van der Waals surface area contributed by atoms with Gasteiger partial charge in [-0.15, -0.1) is 0 Å². The quantitative estimate of drug-likeness (QED) is 0.812. The number of aromatic nitrogens is 1. The van der Waals surface area contributed by atoms with Gasteiger partial charge in [0.05, 0.1) is 6.10 Å². The van der Waals surface area contributed by atoms with Crippen LogP contribution in [-0.4, -0.2) is 9.67 Å². The Bertz CT molecular complexity index is 583. The lowest BCUT2D eigenvalue weighted by atomic mass is 9.95. The number of rotatable bonds is 1. The predicted octanol–water partition coefficient (Wildman–Crippen LogP) is 3.46. The number of nitrogens with zero attached hydrogens (tertiary/aromatic N) is 1. The molecule has 1 aromatic heterocycles. The standard InChI is InChI=1S/C16H19NO/c1-11-6-7-14(12(2)10-11)17-9-8-13-15(17)4-3-5-16(13)18/h6-10,16,18H,3-5H2,1-2H3. The molecule has 94 valence electrons. The van der Waals surface area contributed by atoms with Crippen molar-refractivity contribution in [2.24, 2.45) is 0 Å². The van der Waals surface area contributed by atoms with E-state index in [2.05, 4.69) is 48.9 Å². The molecule has 2 heteroatoms. The Hall–Kier alpha value is -1.54. The van der Waals surface area contributed by atoms with E-state index in [0.717, 1.165) is 24.8 Å². The molecule has 1 unspecified atom stereocenters.